The Balaban J connectivity index is 2.18. The molecule has 2 atom stereocenters. The topological polar surface area (TPSA) is 21.3 Å². The van der Waals surface area contributed by atoms with E-state index in [9.17, 15) is 8.78 Å². The van der Waals surface area contributed by atoms with Gasteiger partial charge in [0.25, 0.3) is 0 Å². The van der Waals surface area contributed by atoms with Crippen molar-refractivity contribution >= 4 is 11.6 Å². The van der Waals surface area contributed by atoms with Crippen LogP contribution in [0, 0.1) is 17.6 Å². The fourth-order valence-corrected chi connectivity index (χ4v) is 2.42. The van der Waals surface area contributed by atoms with E-state index in [-0.39, 0.29) is 22.8 Å². The summed E-state index contributed by atoms with van der Waals surface area (Å²) in [5, 5.41) is 3.10. The van der Waals surface area contributed by atoms with Gasteiger partial charge in [0.2, 0.25) is 0 Å². The van der Waals surface area contributed by atoms with Crippen molar-refractivity contribution in [2.24, 2.45) is 5.92 Å². The molecule has 1 heterocycles. The summed E-state index contributed by atoms with van der Waals surface area (Å²) in [6, 6.07) is 2.32. The highest BCUT2D eigenvalue weighted by Gasteiger charge is 2.27. The van der Waals surface area contributed by atoms with Gasteiger partial charge in [-0.05, 0) is 31.5 Å². The van der Waals surface area contributed by atoms with Crippen molar-refractivity contribution in [2.45, 2.75) is 25.9 Å². The van der Waals surface area contributed by atoms with Crippen LogP contribution in [0.1, 0.15) is 19.8 Å². The lowest BCUT2D eigenvalue weighted by Crippen LogP contribution is -2.28. The van der Waals surface area contributed by atoms with E-state index in [2.05, 4.69) is 5.32 Å². The maximum atomic E-state index is 13.7. The Labute approximate surface area is 110 Å². The van der Waals surface area contributed by atoms with Gasteiger partial charge in [0.1, 0.15) is 6.10 Å². The molecule has 1 saturated heterocycles. The summed E-state index contributed by atoms with van der Waals surface area (Å²) in [5.41, 5.74) is 0. The third-order valence-electron chi connectivity index (χ3n) is 3.30. The molecule has 18 heavy (non-hydrogen) atoms. The second kappa shape index (κ2) is 5.85. The number of hydrogen-bond donors (Lipinski definition) is 1. The smallest absolute Gasteiger partial charge is 0.192 e. The maximum absolute atomic E-state index is 13.7. The van der Waals surface area contributed by atoms with Crippen LogP contribution in [0.2, 0.25) is 5.02 Å². The van der Waals surface area contributed by atoms with Crippen LogP contribution in [0.25, 0.3) is 0 Å². The molecule has 0 spiro atoms. The first-order valence-electron chi connectivity index (χ1n) is 6.14. The predicted molar refractivity (Wildman–Crippen MR) is 67.1 cm³/mol. The predicted octanol–water partition coefficient (Wildman–Crippen LogP) is 3.39. The van der Waals surface area contributed by atoms with Crippen LogP contribution >= 0.6 is 11.6 Å². The summed E-state index contributed by atoms with van der Waals surface area (Å²) < 4.78 is 32.8. The third-order valence-corrected chi connectivity index (χ3v) is 3.59. The van der Waals surface area contributed by atoms with Gasteiger partial charge in [-0.1, -0.05) is 18.5 Å². The summed E-state index contributed by atoms with van der Waals surface area (Å²) in [6.07, 6.45) is 1.47. The largest absolute Gasteiger partial charge is 0.484 e. The lowest BCUT2D eigenvalue weighted by Gasteiger charge is -2.23. The van der Waals surface area contributed by atoms with Crippen molar-refractivity contribution < 1.29 is 13.5 Å². The van der Waals surface area contributed by atoms with Crippen LogP contribution in [-0.4, -0.2) is 19.2 Å². The van der Waals surface area contributed by atoms with E-state index in [1.807, 2.05) is 6.92 Å². The van der Waals surface area contributed by atoms with Crippen molar-refractivity contribution in [1.29, 1.82) is 0 Å². The van der Waals surface area contributed by atoms with Crippen molar-refractivity contribution in [2.75, 3.05) is 13.1 Å². The minimum Gasteiger partial charge on any atom is -0.484 e. The molecular weight excluding hydrogens is 260 g/mol. The van der Waals surface area contributed by atoms with Gasteiger partial charge in [0, 0.05) is 12.5 Å². The SMILES string of the molecule is CC[C@@H](Oc1c(F)ccc(Cl)c1F)C1CCNC1. The zero-order chi connectivity index (χ0) is 13.1. The van der Waals surface area contributed by atoms with Crippen LogP contribution in [0.15, 0.2) is 12.1 Å². The normalized spacial score (nSPS) is 21.0. The van der Waals surface area contributed by atoms with Gasteiger partial charge in [-0.2, -0.15) is 0 Å². The van der Waals surface area contributed by atoms with Crippen LogP contribution in [0.5, 0.6) is 5.75 Å². The summed E-state index contributed by atoms with van der Waals surface area (Å²) in [4.78, 5) is 0. The number of ether oxygens (including phenoxy) is 1. The zero-order valence-electron chi connectivity index (χ0n) is 10.2. The molecule has 100 valence electrons. The first kappa shape index (κ1) is 13.6. The second-order valence-electron chi connectivity index (χ2n) is 4.49. The number of hydrogen-bond acceptors (Lipinski definition) is 2. The molecule has 0 aromatic heterocycles. The van der Waals surface area contributed by atoms with Gasteiger partial charge < -0.3 is 10.1 Å². The second-order valence-corrected chi connectivity index (χ2v) is 4.90. The molecule has 0 amide bonds. The Hall–Kier alpha value is -0.870. The first-order valence-corrected chi connectivity index (χ1v) is 6.52. The van der Waals surface area contributed by atoms with Crippen LogP contribution in [0.4, 0.5) is 8.78 Å². The number of rotatable bonds is 4. The van der Waals surface area contributed by atoms with E-state index < -0.39 is 11.6 Å². The van der Waals surface area contributed by atoms with E-state index in [1.165, 1.54) is 6.07 Å². The average molecular weight is 276 g/mol. The van der Waals surface area contributed by atoms with Crippen molar-refractivity contribution in [3.8, 4) is 5.75 Å². The first-order chi connectivity index (χ1) is 8.63. The molecule has 1 N–H and O–H groups in total. The van der Waals surface area contributed by atoms with Crippen molar-refractivity contribution in [3.63, 3.8) is 0 Å². The summed E-state index contributed by atoms with van der Waals surface area (Å²) in [6.45, 7) is 3.69. The quantitative estimate of drug-likeness (QED) is 0.851. The molecule has 0 radical (unpaired) electrons. The molecule has 0 bridgehead atoms. The fraction of sp³-hybridized carbons (Fsp3) is 0.538. The standard InChI is InChI=1S/C13H16ClF2NO/c1-2-11(8-5-6-17-7-8)18-13-10(15)4-3-9(14)12(13)16/h3-4,8,11,17H,2,5-7H2,1H3/t8?,11-/m1/s1. The van der Waals surface area contributed by atoms with E-state index in [1.54, 1.807) is 0 Å². The average Bonchev–Trinajstić information content (AvgIpc) is 2.88. The molecule has 5 heteroatoms. The molecule has 0 saturated carbocycles. The van der Waals surface area contributed by atoms with Gasteiger partial charge in [0.05, 0.1) is 5.02 Å². The van der Waals surface area contributed by atoms with Crippen molar-refractivity contribution in [3.05, 3.63) is 28.8 Å². The van der Waals surface area contributed by atoms with Crippen molar-refractivity contribution in [1.82, 2.24) is 5.32 Å². The molecule has 2 nitrogen and oxygen atoms in total. The summed E-state index contributed by atoms with van der Waals surface area (Å²) >= 11 is 5.64. The Morgan fingerprint density at radius 3 is 2.89 bits per heavy atom. The highest BCUT2D eigenvalue weighted by atomic mass is 35.5. The third kappa shape index (κ3) is 2.75. The highest BCUT2D eigenvalue weighted by Crippen LogP contribution is 2.31. The summed E-state index contributed by atoms with van der Waals surface area (Å²) in [7, 11) is 0. The van der Waals surface area contributed by atoms with Gasteiger partial charge in [0.15, 0.2) is 17.4 Å². The van der Waals surface area contributed by atoms with Gasteiger partial charge in [-0.3, -0.25) is 0 Å². The lowest BCUT2D eigenvalue weighted by molar-refractivity contribution is 0.126. The minimum absolute atomic E-state index is 0.120. The molecule has 1 unspecified atom stereocenters. The Morgan fingerprint density at radius 2 is 2.28 bits per heavy atom. The summed E-state index contributed by atoms with van der Waals surface area (Å²) in [5.74, 6) is -1.60. The van der Waals surface area contributed by atoms with E-state index in [0.29, 0.717) is 6.42 Å². The molecule has 1 aromatic carbocycles. The molecule has 0 aliphatic carbocycles. The lowest BCUT2D eigenvalue weighted by atomic mass is 9.99. The van der Waals surface area contributed by atoms with Gasteiger partial charge >= 0.3 is 0 Å². The number of benzene rings is 1. The molecular formula is C13H16ClF2NO. The van der Waals surface area contributed by atoms with Crippen LogP contribution < -0.4 is 10.1 Å². The van der Waals surface area contributed by atoms with E-state index in [4.69, 9.17) is 16.3 Å². The Bertz CT molecular complexity index is 422. The molecule has 1 aliphatic rings. The van der Waals surface area contributed by atoms with Gasteiger partial charge in [-0.15, -0.1) is 0 Å². The zero-order valence-corrected chi connectivity index (χ0v) is 10.9. The fourth-order valence-electron chi connectivity index (χ4n) is 2.28. The number of nitrogens with one attached hydrogen (secondary N) is 1. The monoisotopic (exact) mass is 275 g/mol. The Kier molecular flexibility index (Phi) is 4.40. The van der Waals surface area contributed by atoms with Crippen LogP contribution in [-0.2, 0) is 0 Å². The highest BCUT2D eigenvalue weighted by molar-refractivity contribution is 6.30. The molecule has 1 aromatic rings. The molecule has 1 fully saturated rings. The Morgan fingerprint density at radius 1 is 1.50 bits per heavy atom. The van der Waals surface area contributed by atoms with E-state index in [0.717, 1.165) is 25.6 Å². The minimum atomic E-state index is -0.818. The van der Waals surface area contributed by atoms with Gasteiger partial charge in [-0.25, -0.2) is 8.78 Å². The molecule has 1 aliphatic heterocycles. The number of halogens is 3. The van der Waals surface area contributed by atoms with Crippen LogP contribution in [0.3, 0.4) is 0 Å². The van der Waals surface area contributed by atoms with E-state index >= 15 is 0 Å². The molecule has 2 rings (SSSR count). The maximum Gasteiger partial charge on any atom is 0.192 e.